The average Bonchev–Trinajstić information content (AvgIpc) is 3.84. The van der Waals surface area contributed by atoms with E-state index in [0.29, 0.717) is 0 Å². The van der Waals surface area contributed by atoms with Crippen LogP contribution in [0.2, 0.25) is 0 Å². The molecule has 0 aliphatic carbocycles. The van der Waals surface area contributed by atoms with Crippen molar-refractivity contribution in [1.29, 1.82) is 0 Å². The fraction of sp³-hybridized carbons (Fsp3) is 0. The SMILES string of the molecule is c1ccc(-c2ccc(N(c3cc4c(oc5cc(-c6ccccc6)cc(-c6ccccc6)c54)c4ccccc34)c3cccc4c3oc3ccccc34)cc2)cc1. The summed E-state index contributed by atoms with van der Waals surface area (Å²) in [7, 11) is 0. The Morgan fingerprint density at radius 2 is 0.855 bits per heavy atom. The number of fused-ring (bicyclic) bond motifs is 8. The van der Waals surface area contributed by atoms with E-state index in [1.165, 1.54) is 5.56 Å². The lowest BCUT2D eigenvalue weighted by Crippen LogP contribution is -2.11. The predicted octanol–water partition coefficient (Wildman–Crippen LogP) is 15.1. The fourth-order valence-electron chi connectivity index (χ4n) is 8.29. The molecule has 0 saturated heterocycles. The molecular weight excluding hydrogens is 671 g/mol. The van der Waals surface area contributed by atoms with Crippen LogP contribution >= 0.6 is 0 Å². The molecule has 11 aromatic rings. The molecule has 9 aromatic carbocycles. The first-order valence-corrected chi connectivity index (χ1v) is 18.7. The highest BCUT2D eigenvalue weighted by molar-refractivity contribution is 6.23. The highest BCUT2D eigenvalue weighted by Gasteiger charge is 2.25. The summed E-state index contributed by atoms with van der Waals surface area (Å²) in [5.41, 5.74) is 13.4. The van der Waals surface area contributed by atoms with Gasteiger partial charge in [-0.2, -0.15) is 0 Å². The second-order valence-electron chi connectivity index (χ2n) is 14.0. The standard InChI is InChI=1S/C52H33NO2/c1-4-15-34(16-5-1)36-27-29-39(30-28-36)53(46-25-14-24-43-41-22-12-13-26-48(41)54-52(43)46)47-33-45-50-44(37-19-8-3-9-20-37)31-38(35-17-6-2-7-18-35)32-49(50)55-51(45)42-23-11-10-21-40(42)47/h1-33H. The molecule has 0 aliphatic rings. The van der Waals surface area contributed by atoms with Gasteiger partial charge in [0.05, 0.1) is 11.4 Å². The summed E-state index contributed by atoms with van der Waals surface area (Å²) in [6.07, 6.45) is 0. The number of furan rings is 2. The Balaban J connectivity index is 1.23. The van der Waals surface area contributed by atoms with E-state index in [1.807, 2.05) is 12.1 Å². The van der Waals surface area contributed by atoms with Gasteiger partial charge < -0.3 is 13.7 Å². The second kappa shape index (κ2) is 12.6. The number of nitrogens with zero attached hydrogens (tertiary/aromatic N) is 1. The van der Waals surface area contributed by atoms with E-state index < -0.39 is 0 Å². The Kier molecular flexibility index (Phi) is 7.17. The molecule has 0 N–H and O–H groups in total. The number of rotatable bonds is 6. The van der Waals surface area contributed by atoms with Gasteiger partial charge in [-0.25, -0.2) is 0 Å². The number of hydrogen-bond donors (Lipinski definition) is 0. The Morgan fingerprint density at radius 1 is 0.309 bits per heavy atom. The number of para-hydroxylation sites is 2. The van der Waals surface area contributed by atoms with Gasteiger partial charge in [0.1, 0.15) is 16.7 Å². The van der Waals surface area contributed by atoms with Crippen LogP contribution in [-0.4, -0.2) is 0 Å². The monoisotopic (exact) mass is 703 g/mol. The van der Waals surface area contributed by atoms with E-state index in [1.54, 1.807) is 0 Å². The van der Waals surface area contributed by atoms with Crippen LogP contribution < -0.4 is 4.90 Å². The third kappa shape index (κ3) is 5.13. The molecule has 3 heteroatoms. The van der Waals surface area contributed by atoms with Crippen molar-refractivity contribution < 1.29 is 8.83 Å². The molecule has 3 nitrogen and oxygen atoms in total. The van der Waals surface area contributed by atoms with E-state index in [2.05, 4.69) is 193 Å². The van der Waals surface area contributed by atoms with Gasteiger partial charge in [0.2, 0.25) is 0 Å². The maximum absolute atomic E-state index is 6.97. The molecule has 0 aliphatic heterocycles. The topological polar surface area (TPSA) is 29.5 Å². The van der Waals surface area contributed by atoms with Crippen LogP contribution in [0.25, 0.3) is 88.0 Å². The normalized spacial score (nSPS) is 11.6. The van der Waals surface area contributed by atoms with E-state index >= 15 is 0 Å². The molecule has 0 fully saturated rings. The summed E-state index contributed by atoms with van der Waals surface area (Å²) in [4.78, 5) is 2.36. The maximum atomic E-state index is 6.97. The van der Waals surface area contributed by atoms with Crippen molar-refractivity contribution in [3.63, 3.8) is 0 Å². The third-order valence-corrected chi connectivity index (χ3v) is 10.8. The van der Waals surface area contributed by atoms with E-state index in [0.717, 1.165) is 99.5 Å². The van der Waals surface area contributed by atoms with Gasteiger partial charge in [-0.3, -0.25) is 0 Å². The molecule has 55 heavy (non-hydrogen) atoms. The molecule has 0 atom stereocenters. The molecule has 2 aromatic heterocycles. The van der Waals surface area contributed by atoms with Gasteiger partial charge in [0, 0.05) is 38.0 Å². The van der Waals surface area contributed by atoms with Crippen molar-refractivity contribution in [2.75, 3.05) is 4.90 Å². The Morgan fingerprint density at radius 3 is 1.58 bits per heavy atom. The molecule has 11 rings (SSSR count). The van der Waals surface area contributed by atoms with Gasteiger partial charge in [-0.05, 0) is 75.8 Å². The summed E-state index contributed by atoms with van der Waals surface area (Å²) >= 11 is 0. The second-order valence-corrected chi connectivity index (χ2v) is 14.0. The summed E-state index contributed by atoms with van der Waals surface area (Å²) < 4.78 is 13.7. The van der Waals surface area contributed by atoms with Crippen LogP contribution in [0.5, 0.6) is 0 Å². The third-order valence-electron chi connectivity index (χ3n) is 10.8. The van der Waals surface area contributed by atoms with Crippen LogP contribution in [0.15, 0.2) is 209 Å². The zero-order chi connectivity index (χ0) is 36.3. The highest BCUT2D eigenvalue weighted by atomic mass is 16.3. The zero-order valence-electron chi connectivity index (χ0n) is 29.8. The molecule has 0 spiro atoms. The van der Waals surface area contributed by atoms with Gasteiger partial charge in [0.25, 0.3) is 0 Å². The van der Waals surface area contributed by atoms with Crippen LogP contribution in [-0.2, 0) is 0 Å². The largest absolute Gasteiger partial charge is 0.455 e. The summed E-state index contributed by atoms with van der Waals surface area (Å²) in [6, 6.07) is 70.8. The van der Waals surface area contributed by atoms with Crippen molar-refractivity contribution in [3.05, 3.63) is 200 Å². The minimum atomic E-state index is 0.842. The van der Waals surface area contributed by atoms with Crippen molar-refractivity contribution in [2.24, 2.45) is 0 Å². The fourth-order valence-corrected chi connectivity index (χ4v) is 8.29. The smallest absolute Gasteiger partial charge is 0.159 e. The molecule has 0 amide bonds. The van der Waals surface area contributed by atoms with E-state index in [-0.39, 0.29) is 0 Å². The minimum Gasteiger partial charge on any atom is -0.455 e. The minimum absolute atomic E-state index is 0.842. The lowest BCUT2D eigenvalue weighted by molar-refractivity contribution is 0.669. The van der Waals surface area contributed by atoms with E-state index in [9.17, 15) is 0 Å². The molecule has 258 valence electrons. The summed E-state index contributed by atoms with van der Waals surface area (Å²) in [5.74, 6) is 0. The molecule has 2 heterocycles. The van der Waals surface area contributed by atoms with Crippen molar-refractivity contribution >= 4 is 71.7 Å². The molecule has 0 radical (unpaired) electrons. The van der Waals surface area contributed by atoms with Crippen molar-refractivity contribution in [1.82, 2.24) is 0 Å². The van der Waals surface area contributed by atoms with Crippen molar-refractivity contribution in [3.8, 4) is 33.4 Å². The van der Waals surface area contributed by atoms with Crippen molar-refractivity contribution in [2.45, 2.75) is 0 Å². The lowest BCUT2D eigenvalue weighted by Gasteiger charge is -2.27. The Labute approximate surface area is 317 Å². The molecule has 0 unspecified atom stereocenters. The number of hydrogen-bond acceptors (Lipinski definition) is 3. The summed E-state index contributed by atoms with van der Waals surface area (Å²) in [5, 5.41) is 6.46. The first-order valence-electron chi connectivity index (χ1n) is 18.7. The van der Waals surface area contributed by atoms with Gasteiger partial charge >= 0.3 is 0 Å². The first kappa shape index (κ1) is 31.2. The lowest BCUT2D eigenvalue weighted by atomic mass is 9.93. The van der Waals surface area contributed by atoms with Gasteiger partial charge in [-0.1, -0.05) is 158 Å². The average molecular weight is 704 g/mol. The van der Waals surface area contributed by atoms with Crippen LogP contribution in [0.3, 0.4) is 0 Å². The van der Waals surface area contributed by atoms with Crippen LogP contribution in [0.4, 0.5) is 17.1 Å². The molecular formula is C52H33NO2. The predicted molar refractivity (Wildman–Crippen MR) is 229 cm³/mol. The Hall–Kier alpha value is -7.36. The van der Waals surface area contributed by atoms with Gasteiger partial charge in [0.15, 0.2) is 5.58 Å². The summed E-state index contributed by atoms with van der Waals surface area (Å²) in [6.45, 7) is 0. The van der Waals surface area contributed by atoms with E-state index in [4.69, 9.17) is 8.83 Å². The van der Waals surface area contributed by atoms with Crippen LogP contribution in [0, 0.1) is 0 Å². The molecule has 0 saturated carbocycles. The number of anilines is 3. The van der Waals surface area contributed by atoms with Gasteiger partial charge in [-0.15, -0.1) is 0 Å². The highest BCUT2D eigenvalue weighted by Crippen LogP contribution is 2.49. The molecule has 0 bridgehead atoms. The number of benzene rings is 9. The Bertz CT molecular complexity index is 3180. The first-order chi connectivity index (χ1) is 27.3. The zero-order valence-corrected chi connectivity index (χ0v) is 29.8. The van der Waals surface area contributed by atoms with Crippen LogP contribution in [0.1, 0.15) is 0 Å². The quantitative estimate of drug-likeness (QED) is 0.173. The maximum Gasteiger partial charge on any atom is 0.159 e.